The average Bonchev–Trinajstić information content (AvgIpc) is 2.76. The Balaban J connectivity index is 2.60. The van der Waals surface area contributed by atoms with Crippen molar-refractivity contribution in [3.8, 4) is 0 Å². The molecule has 0 fully saturated rings. The first kappa shape index (κ1) is 14.6. The monoisotopic (exact) mass is 255 g/mol. The van der Waals surface area contributed by atoms with E-state index < -0.39 is 0 Å². The van der Waals surface area contributed by atoms with Crippen LogP contribution in [-0.4, -0.2) is 52.1 Å². The molecule has 0 saturated heterocycles. The molecule has 102 valence electrons. The second-order valence-electron chi connectivity index (χ2n) is 4.29. The molecular formula is C11H21N5O2. The molecule has 1 rings (SSSR count). The van der Waals surface area contributed by atoms with Crippen LogP contribution in [0.15, 0.2) is 6.20 Å². The molecule has 18 heavy (non-hydrogen) atoms. The molecule has 0 radical (unpaired) electrons. The number of methoxy groups -OCH3 is 1. The highest BCUT2D eigenvalue weighted by Crippen LogP contribution is 2.01. The van der Waals surface area contributed by atoms with Gasteiger partial charge in [-0.1, -0.05) is 5.21 Å². The predicted molar refractivity (Wildman–Crippen MR) is 66.6 cm³/mol. The van der Waals surface area contributed by atoms with Crippen molar-refractivity contribution in [2.45, 2.75) is 33.0 Å². The van der Waals surface area contributed by atoms with Gasteiger partial charge in [0.05, 0.1) is 18.5 Å². The Kier molecular flexibility index (Phi) is 5.73. The van der Waals surface area contributed by atoms with Gasteiger partial charge < -0.3 is 15.4 Å². The molecule has 0 atom stereocenters. The molecule has 0 aliphatic carbocycles. The number of hydrogen-bond donors (Lipinski definition) is 1. The Morgan fingerprint density at radius 3 is 2.83 bits per heavy atom. The van der Waals surface area contributed by atoms with Crippen LogP contribution in [0.25, 0.3) is 0 Å². The highest BCUT2D eigenvalue weighted by Gasteiger charge is 2.17. The minimum atomic E-state index is -0.00415. The van der Waals surface area contributed by atoms with Gasteiger partial charge >= 0.3 is 0 Å². The molecule has 1 amide bonds. The van der Waals surface area contributed by atoms with Gasteiger partial charge in [-0.05, 0) is 13.8 Å². The van der Waals surface area contributed by atoms with Gasteiger partial charge in [-0.2, -0.15) is 0 Å². The second-order valence-corrected chi connectivity index (χ2v) is 4.29. The van der Waals surface area contributed by atoms with Crippen molar-refractivity contribution >= 4 is 5.91 Å². The summed E-state index contributed by atoms with van der Waals surface area (Å²) in [7, 11) is 1.62. The van der Waals surface area contributed by atoms with Gasteiger partial charge in [0.2, 0.25) is 5.91 Å². The lowest BCUT2D eigenvalue weighted by atomic mass is 10.3. The quantitative estimate of drug-likeness (QED) is 0.717. The minimum absolute atomic E-state index is 0.00415. The van der Waals surface area contributed by atoms with Crippen LogP contribution in [-0.2, 0) is 22.6 Å². The number of amides is 1. The zero-order valence-corrected chi connectivity index (χ0v) is 11.2. The summed E-state index contributed by atoms with van der Waals surface area (Å²) in [6.07, 6.45) is 1.69. The summed E-state index contributed by atoms with van der Waals surface area (Å²) < 4.78 is 6.51. The minimum Gasteiger partial charge on any atom is -0.383 e. The van der Waals surface area contributed by atoms with E-state index in [2.05, 4.69) is 10.3 Å². The number of nitrogens with zero attached hydrogens (tertiary/aromatic N) is 4. The summed E-state index contributed by atoms with van der Waals surface area (Å²) in [6, 6.07) is 0.130. The molecule has 1 aromatic rings. The summed E-state index contributed by atoms with van der Waals surface area (Å²) in [5.41, 5.74) is 6.12. The molecule has 0 unspecified atom stereocenters. The van der Waals surface area contributed by atoms with E-state index in [1.807, 2.05) is 13.8 Å². The third-order valence-corrected chi connectivity index (χ3v) is 2.57. The summed E-state index contributed by atoms with van der Waals surface area (Å²) in [5, 5.41) is 7.70. The smallest absolute Gasteiger partial charge is 0.244 e. The van der Waals surface area contributed by atoms with E-state index in [0.717, 1.165) is 0 Å². The van der Waals surface area contributed by atoms with Crippen molar-refractivity contribution in [3.63, 3.8) is 0 Å². The van der Waals surface area contributed by atoms with E-state index in [-0.39, 0.29) is 18.5 Å². The number of carbonyl (C=O) groups is 1. The molecule has 0 aromatic carbocycles. The lowest BCUT2D eigenvalue weighted by Crippen LogP contribution is -2.41. The average molecular weight is 255 g/mol. The Hall–Kier alpha value is -1.47. The van der Waals surface area contributed by atoms with Crippen molar-refractivity contribution in [2.75, 3.05) is 20.3 Å². The third kappa shape index (κ3) is 4.08. The van der Waals surface area contributed by atoms with E-state index in [4.69, 9.17) is 10.5 Å². The summed E-state index contributed by atoms with van der Waals surface area (Å²) >= 11 is 0. The number of ether oxygens (including phenoxy) is 1. The van der Waals surface area contributed by atoms with Gasteiger partial charge in [0, 0.05) is 26.2 Å². The van der Waals surface area contributed by atoms with Crippen molar-refractivity contribution in [1.82, 2.24) is 19.9 Å². The molecule has 0 saturated carbocycles. The fraction of sp³-hybridized carbons (Fsp3) is 0.727. The Labute approximate surface area is 107 Å². The van der Waals surface area contributed by atoms with Crippen LogP contribution in [0.2, 0.25) is 0 Å². The van der Waals surface area contributed by atoms with Crippen molar-refractivity contribution in [2.24, 2.45) is 5.73 Å². The summed E-state index contributed by atoms with van der Waals surface area (Å²) in [5.74, 6) is -0.00415. The van der Waals surface area contributed by atoms with Crippen molar-refractivity contribution < 1.29 is 9.53 Å². The molecule has 7 heteroatoms. The first-order chi connectivity index (χ1) is 8.58. The zero-order chi connectivity index (χ0) is 13.5. The molecule has 0 bridgehead atoms. The van der Waals surface area contributed by atoms with E-state index in [1.165, 1.54) is 4.68 Å². The first-order valence-electron chi connectivity index (χ1n) is 5.96. The van der Waals surface area contributed by atoms with Gasteiger partial charge in [-0.3, -0.25) is 4.79 Å². The molecule has 0 spiro atoms. The molecular weight excluding hydrogens is 234 g/mol. The highest BCUT2D eigenvalue weighted by molar-refractivity contribution is 5.76. The number of hydrogen-bond acceptors (Lipinski definition) is 5. The van der Waals surface area contributed by atoms with Gasteiger partial charge in [-0.25, -0.2) is 4.68 Å². The maximum atomic E-state index is 12.1. The number of rotatable bonds is 7. The lowest BCUT2D eigenvalue weighted by Gasteiger charge is -2.26. The number of aromatic nitrogens is 3. The van der Waals surface area contributed by atoms with E-state index in [9.17, 15) is 4.79 Å². The van der Waals surface area contributed by atoms with Crippen LogP contribution in [0, 0.1) is 0 Å². The maximum absolute atomic E-state index is 12.1. The highest BCUT2D eigenvalue weighted by atomic mass is 16.5. The summed E-state index contributed by atoms with van der Waals surface area (Å²) in [6.45, 7) is 5.54. The fourth-order valence-corrected chi connectivity index (χ4v) is 1.60. The molecule has 2 N–H and O–H groups in total. The Bertz CT molecular complexity index is 377. The van der Waals surface area contributed by atoms with E-state index in [1.54, 1.807) is 18.2 Å². The molecule has 1 aromatic heterocycles. The largest absolute Gasteiger partial charge is 0.383 e. The van der Waals surface area contributed by atoms with Crippen LogP contribution >= 0.6 is 0 Å². The number of nitrogens with two attached hydrogens (primary N) is 1. The van der Waals surface area contributed by atoms with Crippen LogP contribution < -0.4 is 5.73 Å². The molecule has 1 heterocycles. The van der Waals surface area contributed by atoms with Crippen LogP contribution in [0.3, 0.4) is 0 Å². The second kappa shape index (κ2) is 7.07. The topological polar surface area (TPSA) is 86.3 Å². The van der Waals surface area contributed by atoms with Gasteiger partial charge in [0.25, 0.3) is 0 Å². The van der Waals surface area contributed by atoms with Crippen LogP contribution in [0.4, 0.5) is 0 Å². The Morgan fingerprint density at radius 2 is 2.33 bits per heavy atom. The van der Waals surface area contributed by atoms with Gasteiger partial charge in [0.15, 0.2) is 0 Å². The van der Waals surface area contributed by atoms with Crippen LogP contribution in [0.1, 0.15) is 19.5 Å². The lowest BCUT2D eigenvalue weighted by molar-refractivity contribution is -0.134. The fourth-order valence-electron chi connectivity index (χ4n) is 1.60. The summed E-state index contributed by atoms with van der Waals surface area (Å²) in [4.78, 5) is 13.9. The van der Waals surface area contributed by atoms with Crippen LogP contribution in [0.5, 0.6) is 0 Å². The molecule has 0 aliphatic rings. The van der Waals surface area contributed by atoms with Gasteiger partial charge in [0.1, 0.15) is 6.54 Å². The maximum Gasteiger partial charge on any atom is 0.244 e. The normalized spacial score (nSPS) is 10.9. The van der Waals surface area contributed by atoms with E-state index >= 15 is 0 Å². The van der Waals surface area contributed by atoms with E-state index in [0.29, 0.717) is 25.4 Å². The van der Waals surface area contributed by atoms with Gasteiger partial charge in [-0.15, -0.1) is 5.10 Å². The first-order valence-corrected chi connectivity index (χ1v) is 5.96. The SMILES string of the molecule is COCCN(C(=O)Cn1cc(CN)nn1)C(C)C. The predicted octanol–water partition coefficient (Wildman–Crippen LogP) is -0.380. The zero-order valence-electron chi connectivity index (χ0n) is 11.2. The molecule has 7 nitrogen and oxygen atoms in total. The third-order valence-electron chi connectivity index (χ3n) is 2.57. The van der Waals surface area contributed by atoms with Crippen molar-refractivity contribution in [3.05, 3.63) is 11.9 Å². The number of carbonyl (C=O) groups excluding carboxylic acids is 1. The Morgan fingerprint density at radius 1 is 1.61 bits per heavy atom. The molecule has 0 aliphatic heterocycles. The standard InChI is InChI=1S/C11H21N5O2/c1-9(2)16(4-5-18-3)11(17)8-15-7-10(6-12)13-14-15/h7,9H,4-6,8,12H2,1-3H3. The van der Waals surface area contributed by atoms with Crippen molar-refractivity contribution in [1.29, 1.82) is 0 Å².